The number of hydrogen-bond donors (Lipinski definition) is 1. The Hall–Kier alpha value is -1.55. The second-order valence-corrected chi connectivity index (χ2v) is 6.13. The first kappa shape index (κ1) is 13.9. The smallest absolute Gasteiger partial charge is 0.244 e. The summed E-state index contributed by atoms with van der Waals surface area (Å²) in [4.78, 5) is 14.0. The quantitative estimate of drug-likeness (QED) is 0.886. The van der Waals surface area contributed by atoms with Crippen LogP contribution >= 0.6 is 0 Å². The molecule has 0 fully saturated rings. The van der Waals surface area contributed by atoms with Gasteiger partial charge >= 0.3 is 0 Å². The van der Waals surface area contributed by atoms with E-state index in [4.69, 9.17) is 10.5 Å². The Kier molecular flexibility index (Phi) is 3.54. The molecule has 1 aliphatic heterocycles. The standard InChI is InChI=1S/C15H22N2O2/c1-15(2,3)13(16)14(18)17(4)11-5-6-12-10(9-11)7-8-19-12/h5-6,9,13H,7-8,16H2,1-4H3/t13-/m1/s1. The van der Waals surface area contributed by atoms with Gasteiger partial charge in [0, 0.05) is 19.2 Å². The lowest BCUT2D eigenvalue weighted by molar-refractivity contribution is -0.121. The van der Waals surface area contributed by atoms with Crippen LogP contribution in [0.1, 0.15) is 26.3 Å². The van der Waals surface area contributed by atoms with Crippen molar-refractivity contribution in [1.29, 1.82) is 0 Å². The minimum absolute atomic E-state index is 0.0636. The zero-order chi connectivity index (χ0) is 14.2. The van der Waals surface area contributed by atoms with E-state index < -0.39 is 6.04 Å². The largest absolute Gasteiger partial charge is 0.493 e. The minimum Gasteiger partial charge on any atom is -0.493 e. The van der Waals surface area contributed by atoms with Crippen molar-refractivity contribution < 1.29 is 9.53 Å². The number of nitrogens with zero attached hydrogens (tertiary/aromatic N) is 1. The molecule has 0 unspecified atom stereocenters. The van der Waals surface area contributed by atoms with Gasteiger partial charge in [0.1, 0.15) is 5.75 Å². The molecule has 2 N–H and O–H groups in total. The molecule has 0 spiro atoms. The zero-order valence-electron chi connectivity index (χ0n) is 12.1. The Labute approximate surface area is 114 Å². The molecule has 1 atom stereocenters. The molecule has 0 bridgehead atoms. The Morgan fingerprint density at radius 1 is 1.42 bits per heavy atom. The molecule has 4 nitrogen and oxygen atoms in total. The highest BCUT2D eigenvalue weighted by molar-refractivity contribution is 5.97. The van der Waals surface area contributed by atoms with E-state index >= 15 is 0 Å². The lowest BCUT2D eigenvalue weighted by Crippen LogP contribution is -2.49. The highest BCUT2D eigenvalue weighted by Gasteiger charge is 2.30. The molecule has 19 heavy (non-hydrogen) atoms. The molecule has 4 heteroatoms. The Balaban J connectivity index is 2.20. The first-order chi connectivity index (χ1) is 8.80. The molecule has 0 saturated heterocycles. The van der Waals surface area contributed by atoms with Gasteiger partial charge in [-0.25, -0.2) is 0 Å². The van der Waals surface area contributed by atoms with Crippen molar-refractivity contribution in [3.05, 3.63) is 23.8 Å². The third kappa shape index (κ3) is 2.73. The summed E-state index contributed by atoms with van der Waals surface area (Å²) < 4.78 is 5.47. The molecule has 104 valence electrons. The molecule has 0 aliphatic carbocycles. The van der Waals surface area contributed by atoms with E-state index in [0.29, 0.717) is 0 Å². The third-order valence-electron chi connectivity index (χ3n) is 3.59. The van der Waals surface area contributed by atoms with Gasteiger partial charge in [-0.2, -0.15) is 0 Å². The fourth-order valence-corrected chi connectivity index (χ4v) is 2.09. The van der Waals surface area contributed by atoms with E-state index in [1.165, 1.54) is 0 Å². The Morgan fingerprint density at radius 2 is 2.11 bits per heavy atom. The lowest BCUT2D eigenvalue weighted by atomic mass is 9.86. The predicted molar refractivity (Wildman–Crippen MR) is 76.5 cm³/mol. The molecular weight excluding hydrogens is 240 g/mol. The summed E-state index contributed by atoms with van der Waals surface area (Å²) in [5, 5.41) is 0. The van der Waals surface area contributed by atoms with Crippen molar-refractivity contribution in [2.45, 2.75) is 33.2 Å². The van der Waals surface area contributed by atoms with Gasteiger partial charge in [-0.15, -0.1) is 0 Å². The first-order valence-corrected chi connectivity index (χ1v) is 6.59. The van der Waals surface area contributed by atoms with Gasteiger partial charge in [-0.1, -0.05) is 20.8 Å². The van der Waals surface area contributed by atoms with Crippen molar-refractivity contribution in [3.8, 4) is 5.75 Å². The number of hydrogen-bond acceptors (Lipinski definition) is 3. The maximum absolute atomic E-state index is 12.4. The summed E-state index contributed by atoms with van der Waals surface area (Å²) in [5.41, 5.74) is 7.81. The molecule has 1 amide bonds. The highest BCUT2D eigenvalue weighted by atomic mass is 16.5. The molecule has 1 aliphatic rings. The summed E-state index contributed by atoms with van der Waals surface area (Å²) in [5.74, 6) is 0.857. The van der Waals surface area contributed by atoms with Gasteiger partial charge in [0.2, 0.25) is 5.91 Å². The molecule has 2 rings (SSSR count). The number of anilines is 1. The van der Waals surface area contributed by atoms with E-state index in [1.54, 1.807) is 11.9 Å². The fourth-order valence-electron chi connectivity index (χ4n) is 2.09. The average molecular weight is 262 g/mol. The fraction of sp³-hybridized carbons (Fsp3) is 0.533. The molecule has 1 aromatic carbocycles. The van der Waals surface area contributed by atoms with Crippen molar-refractivity contribution in [3.63, 3.8) is 0 Å². The van der Waals surface area contributed by atoms with Crippen molar-refractivity contribution >= 4 is 11.6 Å². The number of fused-ring (bicyclic) bond motifs is 1. The highest BCUT2D eigenvalue weighted by Crippen LogP contribution is 2.30. The molecule has 1 heterocycles. The van der Waals surface area contributed by atoms with Crippen LogP contribution in [-0.4, -0.2) is 25.6 Å². The summed E-state index contributed by atoms with van der Waals surface area (Å²) in [6.07, 6.45) is 0.899. The second-order valence-electron chi connectivity index (χ2n) is 6.13. The van der Waals surface area contributed by atoms with Crippen molar-refractivity contribution in [1.82, 2.24) is 0 Å². The molecule has 1 aromatic rings. The van der Waals surface area contributed by atoms with Crippen LogP contribution in [0.5, 0.6) is 5.75 Å². The van der Waals surface area contributed by atoms with E-state index in [9.17, 15) is 4.79 Å². The molecule has 0 radical (unpaired) electrons. The van der Waals surface area contributed by atoms with Crippen LogP contribution in [0.4, 0.5) is 5.69 Å². The van der Waals surface area contributed by atoms with Crippen LogP contribution in [0.15, 0.2) is 18.2 Å². The van der Waals surface area contributed by atoms with Gasteiger partial charge in [0.25, 0.3) is 0 Å². The van der Waals surface area contributed by atoms with Crippen molar-refractivity contribution in [2.24, 2.45) is 11.1 Å². The second kappa shape index (κ2) is 4.85. The van der Waals surface area contributed by atoms with Crippen LogP contribution in [0, 0.1) is 5.41 Å². The van der Waals surface area contributed by atoms with Crippen LogP contribution in [0.2, 0.25) is 0 Å². The van der Waals surface area contributed by atoms with E-state index in [1.807, 2.05) is 39.0 Å². The maximum Gasteiger partial charge on any atom is 0.244 e. The van der Waals surface area contributed by atoms with Gasteiger partial charge in [-0.05, 0) is 29.2 Å². The number of carbonyl (C=O) groups is 1. The normalized spacial score (nSPS) is 15.6. The van der Waals surface area contributed by atoms with E-state index in [-0.39, 0.29) is 11.3 Å². The number of likely N-dealkylation sites (N-methyl/N-ethyl adjacent to an activating group) is 1. The van der Waals surface area contributed by atoms with Crippen LogP contribution in [0.25, 0.3) is 0 Å². The summed E-state index contributed by atoms with van der Waals surface area (Å²) in [6, 6.07) is 5.32. The number of benzene rings is 1. The summed E-state index contributed by atoms with van der Waals surface area (Å²) >= 11 is 0. The Bertz CT molecular complexity index is 491. The number of nitrogens with two attached hydrogens (primary N) is 1. The van der Waals surface area contributed by atoms with Crippen LogP contribution in [-0.2, 0) is 11.2 Å². The maximum atomic E-state index is 12.4. The topological polar surface area (TPSA) is 55.6 Å². The third-order valence-corrected chi connectivity index (χ3v) is 3.59. The molecule has 0 aromatic heterocycles. The number of ether oxygens (including phenoxy) is 1. The van der Waals surface area contributed by atoms with Gasteiger partial charge in [0.05, 0.1) is 12.6 Å². The molecule has 0 saturated carbocycles. The SMILES string of the molecule is CN(C(=O)[C@@H](N)C(C)(C)C)c1ccc2c(c1)CCO2. The zero-order valence-corrected chi connectivity index (χ0v) is 12.1. The van der Waals surface area contributed by atoms with Gasteiger partial charge in [-0.3, -0.25) is 4.79 Å². The number of rotatable bonds is 2. The number of carbonyl (C=O) groups excluding carboxylic acids is 1. The summed E-state index contributed by atoms with van der Waals surface area (Å²) in [7, 11) is 1.77. The van der Waals surface area contributed by atoms with E-state index in [2.05, 4.69) is 0 Å². The summed E-state index contributed by atoms with van der Waals surface area (Å²) in [6.45, 7) is 6.64. The molecular formula is C15H22N2O2. The number of amides is 1. The van der Waals surface area contributed by atoms with Crippen LogP contribution < -0.4 is 15.4 Å². The predicted octanol–water partition coefficient (Wildman–Crippen LogP) is 1.96. The minimum atomic E-state index is -0.512. The first-order valence-electron chi connectivity index (χ1n) is 6.59. The lowest BCUT2D eigenvalue weighted by Gasteiger charge is -2.30. The van der Waals surface area contributed by atoms with Crippen molar-refractivity contribution in [2.75, 3.05) is 18.6 Å². The van der Waals surface area contributed by atoms with Gasteiger partial charge in [0.15, 0.2) is 0 Å². The van der Waals surface area contributed by atoms with Crippen LogP contribution in [0.3, 0.4) is 0 Å². The average Bonchev–Trinajstić information content (AvgIpc) is 2.82. The monoisotopic (exact) mass is 262 g/mol. The Morgan fingerprint density at radius 3 is 2.74 bits per heavy atom. The van der Waals surface area contributed by atoms with Gasteiger partial charge < -0.3 is 15.4 Å². The van der Waals surface area contributed by atoms with E-state index in [0.717, 1.165) is 30.0 Å².